The fourth-order valence-corrected chi connectivity index (χ4v) is 6.33. The third-order valence-corrected chi connectivity index (χ3v) is 9.33. The Morgan fingerprint density at radius 3 is 2.06 bits per heavy atom. The van der Waals surface area contributed by atoms with Crippen LogP contribution in [0.3, 0.4) is 0 Å². The second-order valence-corrected chi connectivity index (χ2v) is 13.1. The summed E-state index contributed by atoms with van der Waals surface area (Å²) in [6.07, 6.45) is 0. The number of hydrogen-bond donors (Lipinski definition) is 2. The van der Waals surface area contributed by atoms with E-state index >= 15 is 0 Å². The highest BCUT2D eigenvalue weighted by Gasteiger charge is 2.46. The summed E-state index contributed by atoms with van der Waals surface area (Å²) in [5.74, 6) is 0. The lowest BCUT2D eigenvalue weighted by atomic mass is 9.80. The predicted molar refractivity (Wildman–Crippen MR) is 129 cm³/mol. The molecular weight excluding hydrogens is 518 g/mol. The van der Waals surface area contributed by atoms with Gasteiger partial charge in [0, 0.05) is 36.1 Å². The van der Waals surface area contributed by atoms with Gasteiger partial charge in [0.1, 0.15) is 9.79 Å². The first-order valence-electron chi connectivity index (χ1n) is 10.1. The first-order chi connectivity index (χ1) is 16.0. The minimum Gasteiger partial charge on any atom is -0.282 e. The van der Waals surface area contributed by atoms with E-state index in [1.165, 1.54) is 30.3 Å². The van der Waals surface area contributed by atoms with E-state index < -0.39 is 45.6 Å². The van der Waals surface area contributed by atoms with Gasteiger partial charge in [-0.3, -0.25) is 13.3 Å². The summed E-state index contributed by atoms with van der Waals surface area (Å²) in [4.78, 5) is -1.20. The third kappa shape index (κ3) is 4.07. The van der Waals surface area contributed by atoms with Gasteiger partial charge in [0.15, 0.2) is 5.71 Å². The Kier molecular flexibility index (Phi) is 5.75. The molecular formula is C22H22NO9S3+. The van der Waals surface area contributed by atoms with Crippen LogP contribution in [-0.2, 0) is 40.0 Å². The van der Waals surface area contributed by atoms with E-state index in [1.54, 1.807) is 17.6 Å². The van der Waals surface area contributed by atoms with Gasteiger partial charge >= 0.3 is 0 Å². The summed E-state index contributed by atoms with van der Waals surface area (Å²) < 4.78 is 98.3. The molecule has 13 heteroatoms. The monoisotopic (exact) mass is 540 g/mol. The molecule has 0 fully saturated rings. The van der Waals surface area contributed by atoms with Crippen LogP contribution >= 0.6 is 0 Å². The minimum absolute atomic E-state index is 0.0835. The van der Waals surface area contributed by atoms with Crippen molar-refractivity contribution in [2.45, 2.75) is 40.9 Å². The standard InChI is InChI=1S/C22H21NO9S3/c1-13-22(2,3)21-17-9-8-15(33(24,25)26)11-18(17)20(34(27,28)29)12-19(21)23(13)14-6-5-7-16(10-14)35(30,31)32-4/h5-12H,1-4H3,(H-,24,25,26,27,28,29)/p+1. The van der Waals surface area contributed by atoms with Gasteiger partial charge < -0.3 is 0 Å². The molecule has 0 unspecified atom stereocenters. The van der Waals surface area contributed by atoms with Gasteiger partial charge in [-0.25, -0.2) is 0 Å². The van der Waals surface area contributed by atoms with Crippen molar-refractivity contribution in [2.24, 2.45) is 0 Å². The molecule has 0 aromatic heterocycles. The summed E-state index contributed by atoms with van der Waals surface area (Å²) in [7, 11) is -12.5. The molecule has 0 saturated heterocycles. The lowest BCUT2D eigenvalue weighted by molar-refractivity contribution is 0.397. The van der Waals surface area contributed by atoms with Gasteiger partial charge in [-0.1, -0.05) is 12.1 Å². The first kappa shape index (κ1) is 25.4. The number of nitrogens with zero attached hydrogens (tertiary/aromatic N) is 1. The zero-order valence-electron chi connectivity index (χ0n) is 19.0. The first-order valence-corrected chi connectivity index (χ1v) is 14.4. The number of benzene rings is 3. The smallest absolute Gasteiger partial charge is 0.282 e. The molecule has 10 nitrogen and oxygen atoms in total. The maximum Gasteiger partial charge on any atom is 0.296 e. The summed E-state index contributed by atoms with van der Waals surface area (Å²) >= 11 is 0. The van der Waals surface area contributed by atoms with Crippen LogP contribution in [-0.4, -0.2) is 47.2 Å². The van der Waals surface area contributed by atoms with Crippen LogP contribution in [0.1, 0.15) is 26.3 Å². The predicted octanol–water partition coefficient (Wildman–Crippen LogP) is 3.26. The molecule has 0 bridgehead atoms. The van der Waals surface area contributed by atoms with Crippen molar-refractivity contribution >= 4 is 58.2 Å². The molecule has 35 heavy (non-hydrogen) atoms. The van der Waals surface area contributed by atoms with E-state index in [0.29, 0.717) is 28.0 Å². The number of rotatable bonds is 5. The Labute approximate surface area is 203 Å². The SMILES string of the molecule is COS(=O)(=O)c1cccc([N+]2=C(C)C(C)(C)c3c2cc(S(=O)(=O)O)c2cc(S(=O)(=O)O)ccc32)c1. The quantitative estimate of drug-likeness (QED) is 0.282. The van der Waals surface area contributed by atoms with Crippen LogP contribution in [0.5, 0.6) is 0 Å². The molecule has 4 rings (SSSR count). The van der Waals surface area contributed by atoms with E-state index in [2.05, 4.69) is 4.18 Å². The van der Waals surface area contributed by atoms with Crippen LogP contribution in [0.25, 0.3) is 10.8 Å². The molecule has 0 radical (unpaired) electrons. The Hall–Kier alpha value is -2.68. The zero-order valence-corrected chi connectivity index (χ0v) is 21.5. The maximum absolute atomic E-state index is 12.3. The van der Waals surface area contributed by atoms with Crippen molar-refractivity contribution in [3.05, 3.63) is 54.1 Å². The minimum atomic E-state index is -4.84. The number of fused-ring (bicyclic) bond motifs is 3. The van der Waals surface area contributed by atoms with Gasteiger partial charge in [-0.2, -0.15) is 29.8 Å². The van der Waals surface area contributed by atoms with Crippen molar-refractivity contribution in [3.8, 4) is 0 Å². The molecule has 0 saturated carbocycles. The van der Waals surface area contributed by atoms with Gasteiger partial charge in [-0.15, -0.1) is 0 Å². The molecule has 0 atom stereocenters. The molecule has 0 aliphatic carbocycles. The summed E-state index contributed by atoms with van der Waals surface area (Å²) in [6, 6.07) is 10.6. The Bertz CT molecular complexity index is 1770. The van der Waals surface area contributed by atoms with Gasteiger partial charge in [-0.05, 0) is 37.4 Å². The maximum atomic E-state index is 12.3. The van der Waals surface area contributed by atoms with E-state index in [-0.39, 0.29) is 10.3 Å². The largest absolute Gasteiger partial charge is 0.296 e. The van der Waals surface area contributed by atoms with E-state index in [0.717, 1.165) is 19.2 Å². The molecule has 1 aliphatic rings. The topological polar surface area (TPSA) is 155 Å². The lowest BCUT2D eigenvalue weighted by Gasteiger charge is -2.18. The highest BCUT2D eigenvalue weighted by Crippen LogP contribution is 2.47. The van der Waals surface area contributed by atoms with Crippen LogP contribution in [0.15, 0.2) is 63.2 Å². The van der Waals surface area contributed by atoms with Gasteiger partial charge in [0.2, 0.25) is 11.4 Å². The third-order valence-electron chi connectivity index (χ3n) is 6.32. The summed E-state index contributed by atoms with van der Waals surface area (Å²) in [5, 5.41) is 0.259. The second kappa shape index (κ2) is 7.91. The highest BCUT2D eigenvalue weighted by atomic mass is 32.2. The zero-order chi connectivity index (χ0) is 26.1. The van der Waals surface area contributed by atoms with Crippen molar-refractivity contribution in [2.75, 3.05) is 7.11 Å². The lowest BCUT2D eigenvalue weighted by Crippen LogP contribution is -2.26. The van der Waals surface area contributed by atoms with Crippen molar-refractivity contribution in [1.29, 1.82) is 0 Å². The second-order valence-electron chi connectivity index (χ2n) is 8.59. The Morgan fingerprint density at radius 1 is 0.829 bits per heavy atom. The molecule has 3 aromatic rings. The van der Waals surface area contributed by atoms with Gasteiger partial charge in [0.25, 0.3) is 30.4 Å². The van der Waals surface area contributed by atoms with Crippen molar-refractivity contribution < 1.29 is 38.5 Å². The molecule has 0 amide bonds. The van der Waals surface area contributed by atoms with Crippen molar-refractivity contribution in [3.63, 3.8) is 0 Å². The molecule has 3 aromatic carbocycles. The highest BCUT2D eigenvalue weighted by molar-refractivity contribution is 7.87. The molecule has 2 N–H and O–H groups in total. The summed E-state index contributed by atoms with van der Waals surface area (Å²) in [5.41, 5.74) is 1.38. The normalized spacial score (nSPS) is 16.1. The van der Waals surface area contributed by atoms with Crippen LogP contribution < -0.4 is 4.58 Å². The van der Waals surface area contributed by atoms with Crippen LogP contribution in [0.2, 0.25) is 0 Å². The average molecular weight is 541 g/mol. The van der Waals surface area contributed by atoms with E-state index in [4.69, 9.17) is 0 Å². The van der Waals surface area contributed by atoms with Crippen LogP contribution in [0, 0.1) is 0 Å². The van der Waals surface area contributed by atoms with E-state index in [1.807, 2.05) is 13.8 Å². The molecule has 1 aliphatic heterocycles. The van der Waals surface area contributed by atoms with Crippen molar-refractivity contribution in [1.82, 2.24) is 4.58 Å². The Balaban J connectivity index is 2.14. The fourth-order valence-electron chi connectivity index (χ4n) is 4.41. The molecule has 186 valence electrons. The number of hydrogen-bond acceptors (Lipinski definition) is 7. The summed E-state index contributed by atoms with van der Waals surface area (Å²) in [6.45, 7) is 5.54. The van der Waals surface area contributed by atoms with Gasteiger partial charge in [0.05, 0.1) is 17.4 Å². The van der Waals surface area contributed by atoms with Crippen LogP contribution in [0.4, 0.5) is 11.4 Å². The average Bonchev–Trinajstić information content (AvgIpc) is 2.97. The fraction of sp³-hybridized carbons (Fsp3) is 0.227. The Morgan fingerprint density at radius 2 is 1.49 bits per heavy atom. The molecule has 1 heterocycles. The van der Waals surface area contributed by atoms with E-state index in [9.17, 15) is 34.4 Å². The molecule has 0 spiro atoms.